The van der Waals surface area contributed by atoms with Crippen LogP contribution in [0, 0.1) is 0 Å². The van der Waals surface area contributed by atoms with Crippen LogP contribution in [-0.4, -0.2) is 39.7 Å². The third-order valence-electron chi connectivity index (χ3n) is 2.65. The number of rotatable bonds is 8. The summed E-state index contributed by atoms with van der Waals surface area (Å²) in [5, 5.41) is 3.22. The van der Waals surface area contributed by atoms with E-state index in [1.54, 1.807) is 0 Å². The normalized spacial score (nSPS) is 13.2. The molecule has 0 bridgehead atoms. The van der Waals surface area contributed by atoms with E-state index in [4.69, 9.17) is 16.3 Å². The monoisotopic (exact) mass is 321 g/mol. The van der Waals surface area contributed by atoms with Crippen molar-refractivity contribution < 1.29 is 13.2 Å². The van der Waals surface area contributed by atoms with Crippen molar-refractivity contribution in [2.75, 3.05) is 25.6 Å². The zero-order valence-electron chi connectivity index (χ0n) is 11.8. The summed E-state index contributed by atoms with van der Waals surface area (Å²) in [6, 6.07) is 1.10. The van der Waals surface area contributed by atoms with Gasteiger partial charge in [-0.15, -0.1) is 0 Å². The van der Waals surface area contributed by atoms with Gasteiger partial charge in [0.05, 0.1) is 11.6 Å². The van der Waals surface area contributed by atoms with Crippen molar-refractivity contribution in [3.05, 3.63) is 17.3 Å². The van der Waals surface area contributed by atoms with Gasteiger partial charge in [-0.2, -0.15) is 0 Å². The van der Waals surface area contributed by atoms with Crippen molar-refractivity contribution in [3.8, 4) is 0 Å². The molecule has 1 unspecified atom stereocenters. The second-order valence-electron chi connectivity index (χ2n) is 4.21. The highest BCUT2D eigenvalue weighted by Crippen LogP contribution is 2.22. The van der Waals surface area contributed by atoms with Gasteiger partial charge in [0.15, 0.2) is 0 Å². The fourth-order valence-corrected chi connectivity index (χ4v) is 3.16. The Morgan fingerprint density at radius 2 is 2.15 bits per heavy atom. The molecule has 1 aromatic heterocycles. The lowest BCUT2D eigenvalue weighted by Crippen LogP contribution is -2.37. The van der Waals surface area contributed by atoms with Crippen LogP contribution >= 0.6 is 11.6 Å². The number of methoxy groups -OCH3 is 1. The first-order chi connectivity index (χ1) is 9.44. The van der Waals surface area contributed by atoms with Gasteiger partial charge in [-0.05, 0) is 19.4 Å². The zero-order valence-corrected chi connectivity index (χ0v) is 13.4. The Bertz CT molecular complexity index is 537. The molecule has 114 valence electrons. The fraction of sp³-hybridized carbons (Fsp3) is 0.583. The maximum absolute atomic E-state index is 12.2. The fourth-order valence-electron chi connectivity index (χ4n) is 1.59. The Balaban J connectivity index is 2.95. The van der Waals surface area contributed by atoms with E-state index in [0.29, 0.717) is 25.4 Å². The first-order valence-corrected chi connectivity index (χ1v) is 8.21. The smallest absolute Gasteiger partial charge is 0.242 e. The van der Waals surface area contributed by atoms with Crippen LogP contribution in [0.2, 0.25) is 5.02 Å². The molecule has 0 fully saturated rings. The van der Waals surface area contributed by atoms with Crippen LogP contribution in [-0.2, 0) is 14.8 Å². The van der Waals surface area contributed by atoms with Crippen molar-refractivity contribution in [3.63, 3.8) is 0 Å². The van der Waals surface area contributed by atoms with Crippen LogP contribution in [0.3, 0.4) is 0 Å². The van der Waals surface area contributed by atoms with Gasteiger partial charge in [0.2, 0.25) is 10.0 Å². The number of nitrogens with one attached hydrogen (secondary N) is 2. The van der Waals surface area contributed by atoms with E-state index >= 15 is 0 Å². The van der Waals surface area contributed by atoms with Gasteiger partial charge in [-0.1, -0.05) is 18.5 Å². The standard InChI is InChI=1S/C12H20ClN3O3S/c1-4-9(8-19-3)16-20(17,18)10-6-11(13)12(14-5-2)15-7-10/h6-7,9,16H,4-5,8H2,1-3H3,(H,14,15). The molecule has 6 nitrogen and oxygen atoms in total. The minimum Gasteiger partial charge on any atom is -0.383 e. The first kappa shape index (κ1) is 17.2. The average molecular weight is 322 g/mol. The number of pyridine rings is 1. The van der Waals surface area contributed by atoms with Crippen molar-refractivity contribution in [2.45, 2.75) is 31.2 Å². The predicted octanol–water partition coefficient (Wildman–Crippen LogP) is 1.87. The number of ether oxygens (including phenoxy) is 1. The number of anilines is 1. The van der Waals surface area contributed by atoms with Gasteiger partial charge < -0.3 is 10.1 Å². The second-order valence-corrected chi connectivity index (χ2v) is 6.33. The molecule has 0 aliphatic carbocycles. The molecule has 8 heteroatoms. The quantitative estimate of drug-likeness (QED) is 0.764. The van der Waals surface area contributed by atoms with Crippen LogP contribution in [0.4, 0.5) is 5.82 Å². The van der Waals surface area contributed by atoms with Gasteiger partial charge in [0.1, 0.15) is 10.7 Å². The molecule has 0 radical (unpaired) electrons. The van der Waals surface area contributed by atoms with Gasteiger partial charge in [0.25, 0.3) is 0 Å². The van der Waals surface area contributed by atoms with Crippen molar-refractivity contribution in [1.82, 2.24) is 9.71 Å². The lowest BCUT2D eigenvalue weighted by atomic mass is 10.3. The highest BCUT2D eigenvalue weighted by atomic mass is 35.5. The van der Waals surface area contributed by atoms with Gasteiger partial charge in [0, 0.05) is 25.9 Å². The molecule has 0 saturated heterocycles. The van der Waals surface area contributed by atoms with Crippen molar-refractivity contribution in [1.29, 1.82) is 0 Å². The SMILES string of the molecule is CCNc1ncc(S(=O)(=O)NC(CC)COC)cc1Cl. The number of sulfonamides is 1. The van der Waals surface area contributed by atoms with E-state index in [0.717, 1.165) is 0 Å². The molecule has 20 heavy (non-hydrogen) atoms. The maximum Gasteiger partial charge on any atom is 0.242 e. The zero-order chi connectivity index (χ0) is 15.2. The lowest BCUT2D eigenvalue weighted by molar-refractivity contribution is 0.173. The molecule has 1 aromatic rings. The van der Waals surface area contributed by atoms with Gasteiger partial charge >= 0.3 is 0 Å². The molecular weight excluding hydrogens is 302 g/mol. The summed E-state index contributed by atoms with van der Waals surface area (Å²) in [6.07, 6.45) is 1.91. The van der Waals surface area contributed by atoms with Crippen molar-refractivity contribution in [2.24, 2.45) is 0 Å². The molecule has 2 N–H and O–H groups in total. The van der Waals surface area contributed by atoms with Gasteiger partial charge in [-0.3, -0.25) is 0 Å². The third-order valence-corrected chi connectivity index (χ3v) is 4.43. The minimum absolute atomic E-state index is 0.0405. The van der Waals surface area contributed by atoms with E-state index in [9.17, 15) is 8.42 Å². The summed E-state index contributed by atoms with van der Waals surface area (Å²) in [6.45, 7) is 4.75. The van der Waals surface area contributed by atoms with Gasteiger partial charge in [-0.25, -0.2) is 18.1 Å². The molecule has 0 saturated carbocycles. The van der Waals surface area contributed by atoms with E-state index in [2.05, 4.69) is 15.0 Å². The molecule has 0 spiro atoms. The molecule has 0 aliphatic rings. The summed E-state index contributed by atoms with van der Waals surface area (Å²) in [5.74, 6) is 0.469. The summed E-state index contributed by atoms with van der Waals surface area (Å²) in [5.41, 5.74) is 0. The van der Waals surface area contributed by atoms with Crippen LogP contribution < -0.4 is 10.0 Å². The molecule has 0 amide bonds. The number of aromatic nitrogens is 1. The molecular formula is C12H20ClN3O3S. The van der Waals surface area contributed by atoms with Crippen LogP contribution in [0.5, 0.6) is 0 Å². The lowest BCUT2D eigenvalue weighted by Gasteiger charge is -2.16. The number of nitrogens with zero attached hydrogens (tertiary/aromatic N) is 1. The van der Waals surface area contributed by atoms with E-state index in [-0.39, 0.29) is 16.0 Å². The van der Waals surface area contributed by atoms with Crippen LogP contribution in [0.15, 0.2) is 17.2 Å². The summed E-state index contributed by atoms with van der Waals surface area (Å²) < 4.78 is 32.0. The molecule has 1 heterocycles. The molecule has 0 aliphatic heterocycles. The van der Waals surface area contributed by atoms with E-state index < -0.39 is 10.0 Å². The summed E-state index contributed by atoms with van der Waals surface area (Å²) in [7, 11) is -2.12. The van der Waals surface area contributed by atoms with Crippen molar-refractivity contribution >= 4 is 27.4 Å². The molecule has 1 rings (SSSR count). The van der Waals surface area contributed by atoms with Crippen LogP contribution in [0.1, 0.15) is 20.3 Å². The Labute approximate surface area is 124 Å². The number of halogens is 1. The Kier molecular flexibility index (Phi) is 6.67. The maximum atomic E-state index is 12.2. The number of hydrogen-bond acceptors (Lipinski definition) is 5. The van der Waals surface area contributed by atoms with Crippen LogP contribution in [0.25, 0.3) is 0 Å². The predicted molar refractivity (Wildman–Crippen MR) is 79.7 cm³/mol. The third kappa shape index (κ3) is 4.59. The summed E-state index contributed by atoms with van der Waals surface area (Å²) >= 11 is 6.00. The van der Waals surface area contributed by atoms with E-state index in [1.165, 1.54) is 19.4 Å². The highest BCUT2D eigenvalue weighted by Gasteiger charge is 2.20. The van der Waals surface area contributed by atoms with E-state index in [1.807, 2.05) is 13.8 Å². The largest absolute Gasteiger partial charge is 0.383 e. The molecule has 0 aromatic carbocycles. The highest BCUT2D eigenvalue weighted by molar-refractivity contribution is 7.89. The molecule has 1 atom stereocenters. The Morgan fingerprint density at radius 1 is 1.45 bits per heavy atom. The topological polar surface area (TPSA) is 80.3 Å². The average Bonchev–Trinajstić information content (AvgIpc) is 2.40. The summed E-state index contributed by atoms with van der Waals surface area (Å²) in [4.78, 5) is 4.06. The number of hydrogen-bond donors (Lipinski definition) is 2. The second kappa shape index (κ2) is 7.78. The Hall–Kier alpha value is -0.890. The minimum atomic E-state index is -3.65. The first-order valence-electron chi connectivity index (χ1n) is 6.35. The Morgan fingerprint density at radius 3 is 2.65 bits per heavy atom.